The number of rotatable bonds is 2. The smallest absolute Gasteiger partial charge is 0.280 e. The normalized spacial score (nSPS) is 10.9. The van der Waals surface area contributed by atoms with Crippen LogP contribution in [0.3, 0.4) is 0 Å². The summed E-state index contributed by atoms with van der Waals surface area (Å²) in [4.78, 5) is 3.44. The molecule has 0 unspecified atom stereocenters. The van der Waals surface area contributed by atoms with Gasteiger partial charge in [-0.3, -0.25) is 0 Å². The van der Waals surface area contributed by atoms with Gasteiger partial charge in [-0.25, -0.2) is 13.8 Å². The highest BCUT2D eigenvalue weighted by molar-refractivity contribution is 9.10. The Labute approximate surface area is 86.7 Å². The maximum Gasteiger partial charge on any atom is 0.280 e. The highest BCUT2D eigenvalue weighted by Gasteiger charge is 2.14. The first kappa shape index (κ1) is 10.8. The predicted molar refractivity (Wildman–Crippen MR) is 47.8 cm³/mol. The predicted octanol–water partition coefficient (Wildman–Crippen LogP) is 2.93. The number of halogens is 4. The van der Waals surface area contributed by atoms with E-state index in [-0.39, 0.29) is 11.8 Å². The summed E-state index contributed by atoms with van der Waals surface area (Å²) in [6, 6.07) is 1.11. The average molecular weight is 272 g/mol. The maximum absolute atomic E-state index is 12.2. The number of hydrogen-bond donors (Lipinski definition) is 1. The number of aliphatic hydroxyl groups excluding tert-OH is 1. The molecule has 0 atom stereocenters. The van der Waals surface area contributed by atoms with E-state index in [2.05, 4.69) is 20.9 Å². The molecule has 1 N–H and O–H groups in total. The lowest BCUT2D eigenvalue weighted by Crippen LogP contribution is -1.96. The molecule has 0 saturated carbocycles. The Morgan fingerprint density at radius 1 is 1.62 bits per heavy atom. The van der Waals surface area contributed by atoms with E-state index in [4.69, 9.17) is 16.7 Å². The monoisotopic (exact) mass is 271 g/mol. The van der Waals surface area contributed by atoms with Gasteiger partial charge < -0.3 is 5.11 Å². The largest absolute Gasteiger partial charge is 0.392 e. The molecular formula is C7H5BrClF2NO. The molecule has 0 amide bonds. The highest BCUT2D eigenvalue weighted by atomic mass is 79.9. The van der Waals surface area contributed by atoms with Crippen LogP contribution in [0, 0.1) is 0 Å². The van der Waals surface area contributed by atoms with Crippen molar-refractivity contribution in [2.45, 2.75) is 13.0 Å². The number of aliphatic hydroxyl groups is 1. The van der Waals surface area contributed by atoms with Crippen LogP contribution in [-0.2, 0) is 6.61 Å². The van der Waals surface area contributed by atoms with Gasteiger partial charge in [0.15, 0.2) is 0 Å². The molecule has 13 heavy (non-hydrogen) atoms. The molecule has 1 heterocycles. The fraction of sp³-hybridized carbons (Fsp3) is 0.286. The number of aromatic nitrogens is 1. The van der Waals surface area contributed by atoms with Crippen LogP contribution >= 0.6 is 27.5 Å². The Hall–Kier alpha value is -0.260. The zero-order valence-corrected chi connectivity index (χ0v) is 8.61. The first-order valence-corrected chi connectivity index (χ1v) is 4.47. The molecule has 0 aromatic carbocycles. The van der Waals surface area contributed by atoms with Gasteiger partial charge in [-0.1, -0.05) is 11.6 Å². The van der Waals surface area contributed by atoms with Gasteiger partial charge in [0.2, 0.25) is 0 Å². The van der Waals surface area contributed by atoms with Crippen molar-refractivity contribution in [2.75, 3.05) is 0 Å². The van der Waals surface area contributed by atoms with Crippen molar-refractivity contribution >= 4 is 27.5 Å². The number of alkyl halides is 2. The van der Waals surface area contributed by atoms with Crippen LogP contribution in [0.2, 0.25) is 5.15 Å². The summed E-state index contributed by atoms with van der Waals surface area (Å²) < 4.78 is 24.7. The Morgan fingerprint density at radius 2 is 2.23 bits per heavy atom. The molecule has 0 spiro atoms. The van der Waals surface area contributed by atoms with Crippen molar-refractivity contribution in [3.8, 4) is 0 Å². The number of nitrogens with zero attached hydrogens (tertiary/aromatic N) is 1. The Kier molecular flexibility index (Phi) is 3.58. The standard InChI is InChI=1S/C7H5BrClF2NO/c8-5-3(2-13)1-4(7(10)11)12-6(5)9/h1,7,13H,2H2. The third-order valence-electron chi connectivity index (χ3n) is 1.41. The van der Waals surface area contributed by atoms with Gasteiger partial charge >= 0.3 is 0 Å². The highest BCUT2D eigenvalue weighted by Crippen LogP contribution is 2.28. The SMILES string of the molecule is OCc1cc(C(F)F)nc(Cl)c1Br. The van der Waals surface area contributed by atoms with Crippen LogP contribution in [0.4, 0.5) is 8.78 Å². The molecule has 2 nitrogen and oxygen atoms in total. The van der Waals surface area contributed by atoms with Gasteiger partial charge in [0.25, 0.3) is 6.43 Å². The third-order valence-corrected chi connectivity index (χ3v) is 2.79. The first-order chi connectivity index (χ1) is 6.06. The van der Waals surface area contributed by atoms with Crippen molar-refractivity contribution in [1.82, 2.24) is 4.98 Å². The molecule has 0 saturated heterocycles. The summed E-state index contributed by atoms with van der Waals surface area (Å²) in [5.74, 6) is 0. The number of pyridine rings is 1. The molecule has 1 aromatic rings. The Bertz CT molecular complexity index is 322. The summed E-state index contributed by atoms with van der Waals surface area (Å²) in [6.07, 6.45) is -2.68. The van der Waals surface area contributed by atoms with Crippen molar-refractivity contribution in [3.63, 3.8) is 0 Å². The molecular weight excluding hydrogens is 267 g/mol. The first-order valence-electron chi connectivity index (χ1n) is 3.30. The second-order valence-electron chi connectivity index (χ2n) is 2.27. The topological polar surface area (TPSA) is 33.1 Å². The Balaban J connectivity index is 3.22. The van der Waals surface area contributed by atoms with Gasteiger partial charge in [-0.2, -0.15) is 0 Å². The van der Waals surface area contributed by atoms with Crippen LogP contribution < -0.4 is 0 Å². The van der Waals surface area contributed by atoms with Crippen LogP contribution in [0.1, 0.15) is 17.7 Å². The zero-order valence-electron chi connectivity index (χ0n) is 6.27. The van der Waals surface area contributed by atoms with E-state index in [1.165, 1.54) is 0 Å². The van der Waals surface area contributed by atoms with E-state index in [0.717, 1.165) is 6.07 Å². The summed E-state index contributed by atoms with van der Waals surface area (Å²) in [5, 5.41) is 8.72. The van der Waals surface area contributed by atoms with Crippen molar-refractivity contribution in [1.29, 1.82) is 0 Å². The van der Waals surface area contributed by atoms with Crippen molar-refractivity contribution in [3.05, 3.63) is 26.9 Å². The molecule has 6 heteroatoms. The van der Waals surface area contributed by atoms with E-state index in [0.29, 0.717) is 10.0 Å². The van der Waals surface area contributed by atoms with Gasteiger partial charge in [-0.05, 0) is 27.6 Å². The van der Waals surface area contributed by atoms with Crippen LogP contribution in [0.15, 0.2) is 10.5 Å². The minimum absolute atomic E-state index is 0.0677. The van der Waals surface area contributed by atoms with Gasteiger partial charge in [0, 0.05) is 0 Å². The van der Waals surface area contributed by atoms with Gasteiger partial charge in [-0.15, -0.1) is 0 Å². The molecule has 0 bridgehead atoms. The second kappa shape index (κ2) is 4.30. The summed E-state index contributed by atoms with van der Waals surface area (Å²) in [7, 11) is 0. The fourth-order valence-electron chi connectivity index (χ4n) is 0.796. The lowest BCUT2D eigenvalue weighted by atomic mass is 10.2. The fourth-order valence-corrected chi connectivity index (χ4v) is 1.34. The van der Waals surface area contributed by atoms with Crippen molar-refractivity contribution in [2.24, 2.45) is 0 Å². The molecule has 72 valence electrons. The van der Waals surface area contributed by atoms with E-state index < -0.39 is 12.1 Å². The van der Waals surface area contributed by atoms with Crippen LogP contribution in [-0.4, -0.2) is 10.1 Å². The molecule has 0 aliphatic carbocycles. The zero-order chi connectivity index (χ0) is 10.0. The Morgan fingerprint density at radius 3 is 2.69 bits per heavy atom. The van der Waals surface area contributed by atoms with E-state index in [9.17, 15) is 8.78 Å². The summed E-state index contributed by atoms with van der Waals surface area (Å²) >= 11 is 8.56. The lowest BCUT2D eigenvalue weighted by molar-refractivity contribution is 0.145. The van der Waals surface area contributed by atoms with Crippen molar-refractivity contribution < 1.29 is 13.9 Å². The summed E-state index contributed by atoms with van der Waals surface area (Å²) in [5.41, 5.74) is -0.132. The van der Waals surface area contributed by atoms with E-state index >= 15 is 0 Å². The minimum atomic E-state index is -2.68. The van der Waals surface area contributed by atoms with Gasteiger partial charge in [0.1, 0.15) is 10.8 Å². The molecule has 0 aliphatic rings. The molecule has 0 aliphatic heterocycles. The quantitative estimate of drug-likeness (QED) is 0.840. The molecule has 1 aromatic heterocycles. The lowest BCUT2D eigenvalue weighted by Gasteiger charge is -2.05. The molecule has 0 fully saturated rings. The average Bonchev–Trinajstić information content (AvgIpc) is 2.09. The minimum Gasteiger partial charge on any atom is -0.392 e. The second-order valence-corrected chi connectivity index (χ2v) is 3.42. The molecule has 0 radical (unpaired) electrons. The van der Waals surface area contributed by atoms with E-state index in [1.54, 1.807) is 0 Å². The summed E-state index contributed by atoms with van der Waals surface area (Å²) in [6.45, 7) is -0.359. The molecule has 1 rings (SSSR count). The van der Waals surface area contributed by atoms with E-state index in [1.807, 2.05) is 0 Å². The van der Waals surface area contributed by atoms with Gasteiger partial charge in [0.05, 0.1) is 11.1 Å². The van der Waals surface area contributed by atoms with Crippen LogP contribution in [0.25, 0.3) is 0 Å². The number of hydrogen-bond acceptors (Lipinski definition) is 2. The maximum atomic E-state index is 12.2. The van der Waals surface area contributed by atoms with Crippen LogP contribution in [0.5, 0.6) is 0 Å². The third kappa shape index (κ3) is 2.36.